The Morgan fingerprint density at radius 1 is 1.36 bits per heavy atom. The summed E-state index contributed by atoms with van der Waals surface area (Å²) in [6.07, 6.45) is 3.82. The maximum Gasteiger partial charge on any atom is 0.133 e. The fourth-order valence-electron chi connectivity index (χ4n) is 3.21. The van der Waals surface area contributed by atoms with Gasteiger partial charge in [0, 0.05) is 37.3 Å². The van der Waals surface area contributed by atoms with Gasteiger partial charge in [0.25, 0.3) is 0 Å². The van der Waals surface area contributed by atoms with E-state index in [1.54, 1.807) is 11.3 Å². The number of hydrogen-bond acceptors (Lipinski definition) is 7. The number of aryl methyl sites for hydroxylation is 2. The molecule has 0 aromatic carbocycles. The number of imidazole rings is 1. The van der Waals surface area contributed by atoms with Gasteiger partial charge in [-0.3, -0.25) is 4.90 Å². The van der Waals surface area contributed by atoms with Gasteiger partial charge in [-0.25, -0.2) is 9.97 Å². The van der Waals surface area contributed by atoms with Crippen molar-refractivity contribution in [2.24, 2.45) is 0 Å². The van der Waals surface area contributed by atoms with Crippen molar-refractivity contribution < 1.29 is 9.26 Å². The van der Waals surface area contributed by atoms with Crippen molar-refractivity contribution >= 4 is 11.3 Å². The Labute approximate surface area is 150 Å². The molecule has 132 valence electrons. The minimum atomic E-state index is 0.235. The third-order valence-corrected chi connectivity index (χ3v) is 5.11. The molecule has 1 aliphatic rings. The highest BCUT2D eigenvalue weighted by atomic mass is 32.1. The standard InChI is InChI=1S/C17H21N5O2S/c1-12-3-14(20-24-12)5-21-6-16-4-18-11-22(16)17(7-21)9-23-8-15-10-25-13(2)19-15/h3-4,10-11,17H,5-9H2,1-2H3. The summed E-state index contributed by atoms with van der Waals surface area (Å²) in [6.45, 7) is 7.63. The molecule has 3 aromatic rings. The lowest BCUT2D eigenvalue weighted by molar-refractivity contribution is 0.0569. The van der Waals surface area contributed by atoms with Crippen molar-refractivity contribution in [2.75, 3.05) is 13.2 Å². The predicted molar refractivity (Wildman–Crippen MR) is 93.1 cm³/mol. The van der Waals surface area contributed by atoms with Crippen LogP contribution in [0.15, 0.2) is 28.5 Å². The summed E-state index contributed by atoms with van der Waals surface area (Å²) in [5.74, 6) is 0.843. The van der Waals surface area contributed by atoms with Crippen LogP contribution in [0.4, 0.5) is 0 Å². The quantitative estimate of drug-likeness (QED) is 0.674. The second kappa shape index (κ2) is 7.07. The van der Waals surface area contributed by atoms with Crippen molar-refractivity contribution in [3.05, 3.63) is 51.8 Å². The topological polar surface area (TPSA) is 69.2 Å². The minimum absolute atomic E-state index is 0.235. The van der Waals surface area contributed by atoms with E-state index in [-0.39, 0.29) is 6.04 Å². The van der Waals surface area contributed by atoms with E-state index in [2.05, 4.69) is 30.0 Å². The summed E-state index contributed by atoms with van der Waals surface area (Å²) >= 11 is 1.65. The molecule has 0 bridgehead atoms. The molecule has 0 saturated carbocycles. The summed E-state index contributed by atoms with van der Waals surface area (Å²) in [5.41, 5.74) is 3.16. The number of ether oxygens (including phenoxy) is 1. The SMILES string of the molecule is Cc1cc(CN2Cc3cncn3C(COCc3csc(C)n3)C2)no1. The van der Waals surface area contributed by atoms with Crippen LogP contribution in [0.25, 0.3) is 0 Å². The lowest BCUT2D eigenvalue weighted by Crippen LogP contribution is -2.38. The van der Waals surface area contributed by atoms with E-state index in [4.69, 9.17) is 9.26 Å². The number of aromatic nitrogens is 4. The van der Waals surface area contributed by atoms with E-state index in [9.17, 15) is 0 Å². The molecule has 1 aliphatic heterocycles. The highest BCUT2D eigenvalue weighted by Crippen LogP contribution is 2.23. The summed E-state index contributed by atoms with van der Waals surface area (Å²) in [4.78, 5) is 11.1. The number of rotatable bonds is 6. The molecule has 0 spiro atoms. The van der Waals surface area contributed by atoms with Gasteiger partial charge in [-0.05, 0) is 13.8 Å². The monoisotopic (exact) mass is 359 g/mol. The second-order valence-corrected chi connectivity index (χ2v) is 7.48. The maximum atomic E-state index is 5.94. The zero-order chi connectivity index (χ0) is 17.2. The molecule has 7 nitrogen and oxygen atoms in total. The molecule has 3 aromatic heterocycles. The minimum Gasteiger partial charge on any atom is -0.373 e. The molecular weight excluding hydrogens is 338 g/mol. The first-order chi connectivity index (χ1) is 12.2. The summed E-state index contributed by atoms with van der Waals surface area (Å²) in [7, 11) is 0. The van der Waals surface area contributed by atoms with Crippen LogP contribution in [-0.2, 0) is 24.4 Å². The first kappa shape index (κ1) is 16.4. The van der Waals surface area contributed by atoms with Gasteiger partial charge in [-0.1, -0.05) is 5.16 Å². The number of fused-ring (bicyclic) bond motifs is 1. The Kier molecular flexibility index (Phi) is 4.65. The first-order valence-electron chi connectivity index (χ1n) is 8.31. The van der Waals surface area contributed by atoms with Crippen LogP contribution in [0.2, 0.25) is 0 Å². The Balaban J connectivity index is 1.39. The molecule has 0 fully saturated rings. The van der Waals surface area contributed by atoms with Gasteiger partial charge in [-0.2, -0.15) is 0 Å². The molecular formula is C17H21N5O2S. The number of nitrogens with zero attached hydrogens (tertiary/aromatic N) is 5. The zero-order valence-electron chi connectivity index (χ0n) is 14.4. The molecule has 1 atom stereocenters. The highest BCUT2D eigenvalue weighted by molar-refractivity contribution is 7.09. The van der Waals surface area contributed by atoms with Gasteiger partial charge in [0.1, 0.15) is 5.76 Å². The molecule has 4 heterocycles. The Bertz CT molecular complexity index is 840. The molecule has 4 rings (SSSR count). The van der Waals surface area contributed by atoms with Crippen molar-refractivity contribution in [3.63, 3.8) is 0 Å². The summed E-state index contributed by atoms with van der Waals surface area (Å²) in [5, 5.41) is 7.23. The van der Waals surface area contributed by atoms with Crippen LogP contribution in [0.1, 0.15) is 33.9 Å². The number of hydrogen-bond donors (Lipinski definition) is 0. The third-order valence-electron chi connectivity index (χ3n) is 4.28. The van der Waals surface area contributed by atoms with Crippen LogP contribution in [-0.4, -0.2) is 37.7 Å². The number of thiazole rings is 1. The van der Waals surface area contributed by atoms with Crippen molar-refractivity contribution in [1.82, 2.24) is 24.6 Å². The largest absolute Gasteiger partial charge is 0.373 e. The van der Waals surface area contributed by atoms with E-state index >= 15 is 0 Å². The van der Waals surface area contributed by atoms with Gasteiger partial charge < -0.3 is 13.8 Å². The smallest absolute Gasteiger partial charge is 0.133 e. The molecule has 0 saturated heterocycles. The van der Waals surface area contributed by atoms with Crippen LogP contribution in [0.5, 0.6) is 0 Å². The Hall–Kier alpha value is -2.03. The van der Waals surface area contributed by atoms with E-state index in [1.165, 1.54) is 5.69 Å². The fourth-order valence-corrected chi connectivity index (χ4v) is 3.81. The molecule has 0 N–H and O–H groups in total. The Morgan fingerprint density at radius 2 is 2.28 bits per heavy atom. The molecule has 25 heavy (non-hydrogen) atoms. The van der Waals surface area contributed by atoms with Gasteiger partial charge in [0.2, 0.25) is 0 Å². The maximum absolute atomic E-state index is 5.94. The second-order valence-electron chi connectivity index (χ2n) is 6.42. The first-order valence-corrected chi connectivity index (χ1v) is 9.19. The van der Waals surface area contributed by atoms with E-state index < -0.39 is 0 Å². The van der Waals surface area contributed by atoms with Gasteiger partial charge in [-0.15, -0.1) is 11.3 Å². The third kappa shape index (κ3) is 3.81. The molecule has 0 radical (unpaired) electrons. The zero-order valence-corrected chi connectivity index (χ0v) is 15.2. The molecule has 1 unspecified atom stereocenters. The van der Waals surface area contributed by atoms with Crippen molar-refractivity contribution in [2.45, 2.75) is 39.6 Å². The molecule has 8 heteroatoms. The Morgan fingerprint density at radius 3 is 3.04 bits per heavy atom. The van der Waals surface area contributed by atoms with E-state index in [1.807, 2.05) is 32.4 Å². The van der Waals surface area contributed by atoms with Crippen LogP contribution < -0.4 is 0 Å². The van der Waals surface area contributed by atoms with Gasteiger partial charge >= 0.3 is 0 Å². The average molecular weight is 359 g/mol. The van der Waals surface area contributed by atoms with E-state index in [0.717, 1.165) is 41.8 Å². The summed E-state index contributed by atoms with van der Waals surface area (Å²) < 4.78 is 13.3. The van der Waals surface area contributed by atoms with Gasteiger partial charge in [0.05, 0.1) is 47.7 Å². The average Bonchev–Trinajstić information content (AvgIpc) is 3.29. The van der Waals surface area contributed by atoms with Crippen molar-refractivity contribution in [1.29, 1.82) is 0 Å². The van der Waals surface area contributed by atoms with Crippen LogP contribution in [0.3, 0.4) is 0 Å². The van der Waals surface area contributed by atoms with Crippen LogP contribution >= 0.6 is 11.3 Å². The fraction of sp³-hybridized carbons (Fsp3) is 0.471. The van der Waals surface area contributed by atoms with E-state index in [0.29, 0.717) is 13.2 Å². The highest BCUT2D eigenvalue weighted by Gasteiger charge is 2.25. The lowest BCUT2D eigenvalue weighted by Gasteiger charge is -2.33. The normalized spacial score (nSPS) is 17.8. The van der Waals surface area contributed by atoms with Gasteiger partial charge in [0.15, 0.2) is 0 Å². The summed E-state index contributed by atoms with van der Waals surface area (Å²) in [6, 6.07) is 2.22. The predicted octanol–water partition coefficient (Wildman–Crippen LogP) is 2.72. The molecule has 0 aliphatic carbocycles. The molecule has 0 amide bonds. The van der Waals surface area contributed by atoms with Crippen molar-refractivity contribution in [3.8, 4) is 0 Å². The lowest BCUT2D eigenvalue weighted by atomic mass is 10.2. The van der Waals surface area contributed by atoms with Crippen LogP contribution in [0, 0.1) is 13.8 Å².